The molecule has 0 saturated heterocycles. The first-order valence-electron chi connectivity index (χ1n) is 6.73. The van der Waals surface area contributed by atoms with Gasteiger partial charge in [0.1, 0.15) is 5.82 Å². The molecule has 0 bridgehead atoms. The number of rotatable bonds is 4. The molecule has 2 aromatic carbocycles. The first-order valence-corrected chi connectivity index (χ1v) is 6.73. The molecule has 2 rings (SSSR count). The number of nitrogens with one attached hydrogen (secondary N) is 1. The number of carbonyl (C=O) groups is 1. The number of carbonyl (C=O) groups excluding carboxylic acids is 1. The van der Waals surface area contributed by atoms with E-state index >= 15 is 0 Å². The second-order valence-corrected chi connectivity index (χ2v) is 4.75. The lowest BCUT2D eigenvalue weighted by Gasteiger charge is -2.11. The summed E-state index contributed by atoms with van der Waals surface area (Å²) in [6.07, 6.45) is 0.460. The van der Waals surface area contributed by atoms with Crippen LogP contribution >= 0.6 is 0 Å². The van der Waals surface area contributed by atoms with E-state index in [1.54, 1.807) is 13.0 Å². The summed E-state index contributed by atoms with van der Waals surface area (Å²) in [7, 11) is 0. The standard InChI is InChI=1S/C17H18FNO/c1-3-17(20)19-11-14-6-4-5-7-15(14)13-9-8-12(2)16(18)10-13/h4-10H,3,11H2,1-2H3,(H,19,20). The van der Waals surface area contributed by atoms with Crippen LogP contribution < -0.4 is 5.32 Å². The Hall–Kier alpha value is -2.16. The number of hydrogen-bond donors (Lipinski definition) is 1. The fourth-order valence-corrected chi connectivity index (χ4v) is 2.04. The summed E-state index contributed by atoms with van der Waals surface area (Å²) in [4.78, 5) is 11.4. The van der Waals surface area contributed by atoms with E-state index in [4.69, 9.17) is 0 Å². The maximum Gasteiger partial charge on any atom is 0.219 e. The van der Waals surface area contributed by atoms with Crippen molar-refractivity contribution in [3.05, 3.63) is 59.4 Å². The summed E-state index contributed by atoms with van der Waals surface area (Å²) in [5, 5.41) is 2.85. The molecule has 2 aromatic rings. The van der Waals surface area contributed by atoms with Crippen molar-refractivity contribution in [3.63, 3.8) is 0 Å². The van der Waals surface area contributed by atoms with Gasteiger partial charge >= 0.3 is 0 Å². The van der Waals surface area contributed by atoms with E-state index in [9.17, 15) is 9.18 Å². The van der Waals surface area contributed by atoms with Crippen molar-refractivity contribution in [3.8, 4) is 11.1 Å². The maximum absolute atomic E-state index is 13.7. The Morgan fingerprint density at radius 1 is 1.20 bits per heavy atom. The topological polar surface area (TPSA) is 29.1 Å². The Morgan fingerprint density at radius 3 is 2.65 bits per heavy atom. The van der Waals surface area contributed by atoms with Crippen molar-refractivity contribution < 1.29 is 9.18 Å². The minimum Gasteiger partial charge on any atom is -0.352 e. The summed E-state index contributed by atoms with van der Waals surface area (Å²) < 4.78 is 13.7. The molecule has 3 heteroatoms. The van der Waals surface area contributed by atoms with Gasteiger partial charge in [-0.3, -0.25) is 4.79 Å². The predicted octanol–water partition coefficient (Wildman–Crippen LogP) is 3.83. The SMILES string of the molecule is CCC(=O)NCc1ccccc1-c1ccc(C)c(F)c1. The molecule has 0 atom stereocenters. The molecule has 0 aliphatic heterocycles. The Kier molecular flexibility index (Phi) is 4.51. The number of benzene rings is 2. The number of aryl methyl sites for hydroxylation is 1. The molecule has 0 unspecified atom stereocenters. The van der Waals surface area contributed by atoms with Crippen LogP contribution in [0.25, 0.3) is 11.1 Å². The molecule has 0 fully saturated rings. The molecule has 104 valence electrons. The molecule has 0 radical (unpaired) electrons. The number of hydrogen-bond acceptors (Lipinski definition) is 1. The second kappa shape index (κ2) is 6.33. The molecule has 0 heterocycles. The van der Waals surface area contributed by atoms with Crippen LogP contribution in [0.2, 0.25) is 0 Å². The second-order valence-electron chi connectivity index (χ2n) is 4.75. The van der Waals surface area contributed by atoms with Gasteiger partial charge in [0, 0.05) is 13.0 Å². The van der Waals surface area contributed by atoms with Gasteiger partial charge in [0.25, 0.3) is 0 Å². The first-order chi connectivity index (χ1) is 9.61. The van der Waals surface area contributed by atoms with Crippen molar-refractivity contribution in [1.29, 1.82) is 0 Å². The van der Waals surface area contributed by atoms with Gasteiger partial charge in [-0.15, -0.1) is 0 Å². The number of halogens is 1. The lowest BCUT2D eigenvalue weighted by molar-refractivity contribution is -0.120. The van der Waals surface area contributed by atoms with Gasteiger partial charge in [0.15, 0.2) is 0 Å². The van der Waals surface area contributed by atoms with E-state index in [0.29, 0.717) is 18.5 Å². The average molecular weight is 271 g/mol. The van der Waals surface area contributed by atoms with Gasteiger partial charge in [-0.2, -0.15) is 0 Å². The summed E-state index contributed by atoms with van der Waals surface area (Å²) >= 11 is 0. The fourth-order valence-electron chi connectivity index (χ4n) is 2.04. The van der Waals surface area contributed by atoms with Gasteiger partial charge in [-0.1, -0.05) is 43.3 Å². The molecule has 0 spiro atoms. The third-order valence-electron chi connectivity index (χ3n) is 3.30. The highest BCUT2D eigenvalue weighted by molar-refractivity contribution is 5.76. The van der Waals surface area contributed by atoms with E-state index in [1.807, 2.05) is 37.3 Å². The van der Waals surface area contributed by atoms with Crippen LogP contribution in [0.5, 0.6) is 0 Å². The third kappa shape index (κ3) is 3.23. The molecule has 1 N–H and O–H groups in total. The van der Waals surface area contributed by atoms with Crippen LogP contribution in [0.3, 0.4) is 0 Å². The van der Waals surface area contributed by atoms with Crippen molar-refractivity contribution in [2.75, 3.05) is 0 Å². The smallest absolute Gasteiger partial charge is 0.219 e. The van der Waals surface area contributed by atoms with E-state index in [2.05, 4.69) is 5.32 Å². The molecular weight excluding hydrogens is 253 g/mol. The van der Waals surface area contributed by atoms with Crippen LogP contribution in [-0.4, -0.2) is 5.91 Å². The van der Waals surface area contributed by atoms with E-state index < -0.39 is 0 Å². The highest BCUT2D eigenvalue weighted by Gasteiger charge is 2.07. The molecular formula is C17H18FNO. The summed E-state index contributed by atoms with van der Waals surface area (Å²) in [6, 6.07) is 12.9. The Balaban J connectivity index is 2.31. The minimum atomic E-state index is -0.213. The molecule has 2 nitrogen and oxygen atoms in total. The van der Waals surface area contributed by atoms with Gasteiger partial charge in [-0.25, -0.2) is 4.39 Å². The quantitative estimate of drug-likeness (QED) is 0.899. The summed E-state index contributed by atoms with van der Waals surface area (Å²) in [5.41, 5.74) is 3.39. The number of amides is 1. The average Bonchev–Trinajstić information content (AvgIpc) is 2.48. The van der Waals surface area contributed by atoms with Crippen molar-refractivity contribution in [1.82, 2.24) is 5.32 Å². The van der Waals surface area contributed by atoms with Gasteiger partial charge in [0.05, 0.1) is 0 Å². The van der Waals surface area contributed by atoms with Crippen LogP contribution in [0.1, 0.15) is 24.5 Å². The largest absolute Gasteiger partial charge is 0.352 e. The van der Waals surface area contributed by atoms with E-state index in [-0.39, 0.29) is 11.7 Å². The van der Waals surface area contributed by atoms with Gasteiger partial charge in [0.2, 0.25) is 5.91 Å². The minimum absolute atomic E-state index is 0.00916. The van der Waals surface area contributed by atoms with Crippen LogP contribution in [0.15, 0.2) is 42.5 Å². The van der Waals surface area contributed by atoms with E-state index in [1.165, 1.54) is 6.07 Å². The van der Waals surface area contributed by atoms with Gasteiger partial charge < -0.3 is 5.32 Å². The zero-order valence-electron chi connectivity index (χ0n) is 11.7. The fraction of sp³-hybridized carbons (Fsp3) is 0.235. The molecule has 20 heavy (non-hydrogen) atoms. The normalized spacial score (nSPS) is 10.3. The summed E-state index contributed by atoms with van der Waals surface area (Å²) in [6.45, 7) is 4.02. The van der Waals surface area contributed by atoms with Crippen molar-refractivity contribution in [2.24, 2.45) is 0 Å². The van der Waals surface area contributed by atoms with Gasteiger partial charge in [-0.05, 0) is 35.2 Å². The molecule has 0 aliphatic rings. The molecule has 0 aliphatic carbocycles. The third-order valence-corrected chi connectivity index (χ3v) is 3.30. The Bertz CT molecular complexity index is 622. The first kappa shape index (κ1) is 14.3. The highest BCUT2D eigenvalue weighted by atomic mass is 19.1. The zero-order valence-corrected chi connectivity index (χ0v) is 11.7. The zero-order chi connectivity index (χ0) is 14.5. The lowest BCUT2D eigenvalue weighted by Crippen LogP contribution is -2.21. The van der Waals surface area contributed by atoms with Crippen LogP contribution in [0, 0.1) is 12.7 Å². The predicted molar refractivity (Wildman–Crippen MR) is 78.7 cm³/mol. The molecule has 0 saturated carbocycles. The summed E-state index contributed by atoms with van der Waals surface area (Å²) in [5.74, 6) is -0.204. The van der Waals surface area contributed by atoms with Crippen molar-refractivity contribution in [2.45, 2.75) is 26.8 Å². The maximum atomic E-state index is 13.7. The van der Waals surface area contributed by atoms with Crippen molar-refractivity contribution >= 4 is 5.91 Å². The Labute approximate surface area is 118 Å². The molecule has 0 aromatic heterocycles. The monoisotopic (exact) mass is 271 g/mol. The lowest BCUT2D eigenvalue weighted by atomic mass is 9.98. The van der Waals surface area contributed by atoms with Crippen LogP contribution in [-0.2, 0) is 11.3 Å². The molecule has 1 amide bonds. The Morgan fingerprint density at radius 2 is 1.95 bits per heavy atom. The highest BCUT2D eigenvalue weighted by Crippen LogP contribution is 2.25. The van der Waals surface area contributed by atoms with Crippen LogP contribution in [0.4, 0.5) is 4.39 Å². The van der Waals surface area contributed by atoms with E-state index in [0.717, 1.165) is 16.7 Å².